The number of halogens is 4. The monoisotopic (exact) mass is 515 g/mol. The second-order valence-electron chi connectivity index (χ2n) is 8.75. The Morgan fingerprint density at radius 1 is 1.03 bits per heavy atom. The second kappa shape index (κ2) is 9.13. The van der Waals surface area contributed by atoms with Crippen LogP contribution >= 0.6 is 11.6 Å². The molecule has 6 nitrogen and oxygen atoms in total. The molecular formula is C26H21ClF3N3O3. The molecule has 3 heterocycles. The van der Waals surface area contributed by atoms with E-state index in [4.69, 9.17) is 16.3 Å². The number of anilines is 1. The molecule has 0 N–H and O–H groups in total. The molecule has 1 fully saturated rings. The Labute approximate surface area is 210 Å². The first-order chi connectivity index (χ1) is 17.2. The third-order valence-corrected chi connectivity index (χ3v) is 6.90. The van der Waals surface area contributed by atoms with E-state index in [1.54, 1.807) is 47.4 Å². The molecule has 2 aromatic carbocycles. The van der Waals surface area contributed by atoms with Gasteiger partial charge in [-0.05, 0) is 35.9 Å². The van der Waals surface area contributed by atoms with E-state index in [2.05, 4.69) is 4.98 Å². The normalized spacial score (nSPS) is 19.7. The van der Waals surface area contributed by atoms with Crippen molar-refractivity contribution in [3.63, 3.8) is 0 Å². The van der Waals surface area contributed by atoms with Gasteiger partial charge in [0.25, 0.3) is 0 Å². The van der Waals surface area contributed by atoms with Crippen LogP contribution in [0, 0.1) is 0 Å². The molecule has 1 unspecified atom stereocenters. The first-order valence-electron chi connectivity index (χ1n) is 11.3. The summed E-state index contributed by atoms with van der Waals surface area (Å²) in [5.74, 6) is 0.0219. The number of fused-ring (bicyclic) bond motifs is 1. The molecule has 0 bridgehead atoms. The van der Waals surface area contributed by atoms with Crippen LogP contribution in [0.25, 0.3) is 0 Å². The highest BCUT2D eigenvalue weighted by atomic mass is 35.5. The number of pyridine rings is 1. The number of esters is 1. The summed E-state index contributed by atoms with van der Waals surface area (Å²) in [4.78, 5) is 34.2. The van der Waals surface area contributed by atoms with E-state index in [0.29, 0.717) is 53.9 Å². The van der Waals surface area contributed by atoms with Crippen LogP contribution in [0.1, 0.15) is 23.1 Å². The Morgan fingerprint density at radius 2 is 1.75 bits per heavy atom. The lowest BCUT2D eigenvalue weighted by Crippen LogP contribution is -2.51. The number of benzene rings is 2. The average molecular weight is 516 g/mol. The SMILES string of the molecule is O=C(CC1(c2ccccc2)C(=O)Oc2ccc(Cl)cc21)N1CCN(c2ccc(C(F)(F)F)cn2)CC1. The fourth-order valence-corrected chi connectivity index (χ4v) is 4.92. The van der Waals surface area contributed by atoms with Crippen LogP contribution in [0.5, 0.6) is 5.75 Å². The van der Waals surface area contributed by atoms with E-state index >= 15 is 0 Å². The zero-order valence-electron chi connectivity index (χ0n) is 19.0. The molecule has 0 spiro atoms. The van der Waals surface area contributed by atoms with Crippen molar-refractivity contribution >= 4 is 29.3 Å². The highest BCUT2D eigenvalue weighted by molar-refractivity contribution is 6.30. The van der Waals surface area contributed by atoms with Crippen molar-refractivity contribution in [3.8, 4) is 5.75 Å². The second-order valence-corrected chi connectivity index (χ2v) is 9.19. The minimum absolute atomic E-state index is 0.137. The number of hydrogen-bond donors (Lipinski definition) is 0. The summed E-state index contributed by atoms with van der Waals surface area (Å²) in [5, 5.41) is 0.428. The Bertz CT molecular complexity index is 1290. The van der Waals surface area contributed by atoms with Gasteiger partial charge in [-0.3, -0.25) is 9.59 Å². The van der Waals surface area contributed by atoms with Gasteiger partial charge in [-0.2, -0.15) is 13.2 Å². The van der Waals surface area contributed by atoms with Crippen LogP contribution in [0.3, 0.4) is 0 Å². The van der Waals surface area contributed by atoms with Gasteiger partial charge in [-0.15, -0.1) is 0 Å². The zero-order valence-corrected chi connectivity index (χ0v) is 19.7. The summed E-state index contributed by atoms with van der Waals surface area (Å²) in [7, 11) is 0. The molecule has 2 aliphatic heterocycles. The van der Waals surface area contributed by atoms with Gasteiger partial charge in [0.1, 0.15) is 17.0 Å². The third kappa shape index (κ3) is 4.28. The molecule has 5 rings (SSSR count). The maximum atomic E-state index is 13.5. The molecule has 36 heavy (non-hydrogen) atoms. The van der Waals surface area contributed by atoms with Gasteiger partial charge in [-0.25, -0.2) is 4.98 Å². The van der Waals surface area contributed by atoms with Crippen molar-refractivity contribution in [1.29, 1.82) is 0 Å². The topological polar surface area (TPSA) is 62.7 Å². The van der Waals surface area contributed by atoms with Crippen LogP contribution in [-0.2, 0) is 21.2 Å². The van der Waals surface area contributed by atoms with Crippen LogP contribution in [0.4, 0.5) is 19.0 Å². The molecule has 0 radical (unpaired) electrons. The Hall–Kier alpha value is -3.59. The van der Waals surface area contributed by atoms with Gasteiger partial charge in [-0.1, -0.05) is 41.9 Å². The predicted octanol–water partition coefficient (Wildman–Crippen LogP) is 4.70. The zero-order chi connectivity index (χ0) is 25.5. The molecule has 10 heteroatoms. The predicted molar refractivity (Wildman–Crippen MR) is 127 cm³/mol. The molecule has 3 aromatic rings. The lowest BCUT2D eigenvalue weighted by atomic mass is 9.72. The van der Waals surface area contributed by atoms with Crippen LogP contribution < -0.4 is 9.64 Å². The summed E-state index contributed by atoms with van der Waals surface area (Å²) < 4.78 is 44.0. The number of piperazine rings is 1. The smallest absolute Gasteiger partial charge is 0.417 e. The number of nitrogens with zero attached hydrogens (tertiary/aromatic N) is 3. The summed E-state index contributed by atoms with van der Waals surface area (Å²) >= 11 is 6.24. The summed E-state index contributed by atoms with van der Waals surface area (Å²) in [6.45, 7) is 1.47. The number of amides is 1. The van der Waals surface area contributed by atoms with Gasteiger partial charge >= 0.3 is 12.1 Å². The summed E-state index contributed by atoms with van der Waals surface area (Å²) in [6, 6.07) is 16.3. The number of alkyl halides is 3. The quantitative estimate of drug-likeness (QED) is 0.372. The number of hydrogen-bond acceptors (Lipinski definition) is 5. The van der Waals surface area contributed by atoms with E-state index in [1.807, 2.05) is 11.0 Å². The highest BCUT2D eigenvalue weighted by Crippen LogP contribution is 2.48. The van der Waals surface area contributed by atoms with Crippen molar-refractivity contribution in [1.82, 2.24) is 9.88 Å². The molecular weight excluding hydrogens is 495 g/mol. The van der Waals surface area contributed by atoms with Gasteiger partial charge in [0.2, 0.25) is 5.91 Å². The molecule has 2 aliphatic rings. The van der Waals surface area contributed by atoms with E-state index in [0.717, 1.165) is 12.3 Å². The molecule has 1 aromatic heterocycles. The Kier molecular flexibility index (Phi) is 6.12. The largest absolute Gasteiger partial charge is 0.425 e. The van der Waals surface area contributed by atoms with Gasteiger partial charge in [0.05, 0.1) is 12.0 Å². The fraction of sp³-hybridized carbons (Fsp3) is 0.269. The first kappa shape index (κ1) is 24.1. The standard InChI is InChI=1S/C26H21ClF3N3O3/c27-19-7-8-21-20(14-19)25(24(35)36-21,17-4-2-1-3-5-17)15-23(34)33-12-10-32(11-13-33)22-9-6-18(16-31-22)26(28,29)30/h1-9,14,16H,10-13,15H2. The van der Waals surface area contributed by atoms with E-state index in [1.165, 1.54) is 6.07 Å². The van der Waals surface area contributed by atoms with E-state index in [9.17, 15) is 22.8 Å². The maximum absolute atomic E-state index is 13.5. The van der Waals surface area contributed by atoms with E-state index < -0.39 is 23.1 Å². The minimum Gasteiger partial charge on any atom is -0.425 e. The summed E-state index contributed by atoms with van der Waals surface area (Å²) in [5.41, 5.74) is -0.954. The lowest BCUT2D eigenvalue weighted by molar-refractivity contribution is -0.142. The Morgan fingerprint density at radius 3 is 2.39 bits per heavy atom. The van der Waals surface area contributed by atoms with Crippen LogP contribution in [-0.4, -0.2) is 47.9 Å². The van der Waals surface area contributed by atoms with Crippen LogP contribution in [0.15, 0.2) is 66.9 Å². The molecule has 1 amide bonds. The summed E-state index contributed by atoms with van der Waals surface area (Å²) in [6.07, 6.45) is -3.78. The van der Waals surface area contributed by atoms with Crippen molar-refractivity contribution in [2.75, 3.05) is 31.1 Å². The van der Waals surface area contributed by atoms with Crippen molar-refractivity contribution in [3.05, 3.63) is 88.6 Å². The van der Waals surface area contributed by atoms with Crippen molar-refractivity contribution in [2.24, 2.45) is 0 Å². The number of aromatic nitrogens is 1. The Balaban J connectivity index is 1.35. The van der Waals surface area contributed by atoms with Gasteiger partial charge in [0.15, 0.2) is 0 Å². The first-order valence-corrected chi connectivity index (χ1v) is 11.7. The molecule has 0 aliphatic carbocycles. The lowest BCUT2D eigenvalue weighted by Gasteiger charge is -2.37. The number of carbonyl (C=O) groups excluding carboxylic acids is 2. The van der Waals surface area contributed by atoms with Crippen molar-refractivity contribution in [2.45, 2.75) is 18.0 Å². The van der Waals surface area contributed by atoms with Gasteiger partial charge in [0, 0.05) is 43.0 Å². The molecule has 1 atom stereocenters. The third-order valence-electron chi connectivity index (χ3n) is 6.67. The highest BCUT2D eigenvalue weighted by Gasteiger charge is 2.52. The number of carbonyl (C=O) groups is 2. The average Bonchev–Trinajstić information content (AvgIpc) is 3.15. The molecule has 186 valence electrons. The minimum atomic E-state index is -4.45. The molecule has 0 saturated carbocycles. The van der Waals surface area contributed by atoms with Crippen LogP contribution in [0.2, 0.25) is 5.02 Å². The van der Waals surface area contributed by atoms with E-state index in [-0.39, 0.29) is 12.3 Å². The number of rotatable bonds is 4. The van der Waals surface area contributed by atoms with Crippen molar-refractivity contribution < 1.29 is 27.5 Å². The maximum Gasteiger partial charge on any atom is 0.417 e. The molecule has 1 saturated heterocycles. The van der Waals surface area contributed by atoms with Gasteiger partial charge < -0.3 is 14.5 Å². The fourth-order valence-electron chi connectivity index (χ4n) is 4.75. The number of ether oxygens (including phenoxy) is 1.